The molecule has 1 aromatic rings. The molecule has 0 radical (unpaired) electrons. The number of carbonyl (C=O) groups excluding carboxylic acids is 1. The summed E-state index contributed by atoms with van der Waals surface area (Å²) in [6, 6.07) is 7.70. The predicted octanol–water partition coefficient (Wildman–Crippen LogP) is 3.39. The standard InChI is InChI=1S/C11H13ClO2S/c1-14-11(13)7-4-8-15-10-6-3-2-5-9(10)12/h2-3,5-6H,4,7-8H2,1H3. The monoisotopic (exact) mass is 244 g/mol. The number of rotatable bonds is 5. The lowest BCUT2D eigenvalue weighted by Gasteiger charge is -2.02. The van der Waals surface area contributed by atoms with Gasteiger partial charge in [-0.3, -0.25) is 4.79 Å². The molecule has 0 amide bonds. The highest BCUT2D eigenvalue weighted by Crippen LogP contribution is 2.27. The molecule has 0 atom stereocenters. The largest absolute Gasteiger partial charge is 0.469 e. The van der Waals surface area contributed by atoms with E-state index in [1.165, 1.54) is 7.11 Å². The maximum Gasteiger partial charge on any atom is 0.305 e. The van der Waals surface area contributed by atoms with E-state index in [0.717, 1.165) is 22.1 Å². The molecule has 0 N–H and O–H groups in total. The first-order valence-corrected chi connectivity index (χ1v) is 6.04. The molecule has 2 nitrogen and oxygen atoms in total. The zero-order valence-electron chi connectivity index (χ0n) is 8.53. The Hall–Kier alpha value is -0.670. The van der Waals surface area contributed by atoms with Crippen LogP contribution >= 0.6 is 23.4 Å². The molecule has 0 unspecified atom stereocenters. The summed E-state index contributed by atoms with van der Waals surface area (Å²) in [6.07, 6.45) is 1.27. The Labute approximate surface area is 99.0 Å². The third-order valence-corrected chi connectivity index (χ3v) is 3.45. The third kappa shape index (κ3) is 4.58. The zero-order chi connectivity index (χ0) is 11.1. The van der Waals surface area contributed by atoms with Crippen molar-refractivity contribution in [2.75, 3.05) is 12.9 Å². The minimum Gasteiger partial charge on any atom is -0.469 e. The summed E-state index contributed by atoms with van der Waals surface area (Å²) >= 11 is 7.64. The molecule has 15 heavy (non-hydrogen) atoms. The SMILES string of the molecule is COC(=O)CCCSc1ccccc1Cl. The van der Waals surface area contributed by atoms with Gasteiger partial charge in [-0.25, -0.2) is 0 Å². The van der Waals surface area contributed by atoms with Crippen molar-refractivity contribution in [3.63, 3.8) is 0 Å². The van der Waals surface area contributed by atoms with Crippen molar-refractivity contribution < 1.29 is 9.53 Å². The number of ether oxygens (including phenoxy) is 1. The highest BCUT2D eigenvalue weighted by atomic mass is 35.5. The van der Waals surface area contributed by atoms with Gasteiger partial charge in [0.2, 0.25) is 0 Å². The number of halogens is 1. The van der Waals surface area contributed by atoms with E-state index in [4.69, 9.17) is 11.6 Å². The van der Waals surface area contributed by atoms with E-state index in [1.54, 1.807) is 11.8 Å². The molecule has 4 heteroatoms. The van der Waals surface area contributed by atoms with Gasteiger partial charge in [-0.1, -0.05) is 23.7 Å². The van der Waals surface area contributed by atoms with Gasteiger partial charge >= 0.3 is 5.97 Å². The van der Waals surface area contributed by atoms with Crippen LogP contribution in [-0.2, 0) is 9.53 Å². The highest BCUT2D eigenvalue weighted by Gasteiger charge is 2.02. The van der Waals surface area contributed by atoms with Crippen LogP contribution in [0.5, 0.6) is 0 Å². The Balaban J connectivity index is 2.26. The van der Waals surface area contributed by atoms with Gasteiger partial charge in [0, 0.05) is 11.3 Å². The summed E-state index contributed by atoms with van der Waals surface area (Å²) in [4.78, 5) is 11.9. The van der Waals surface area contributed by atoms with Crippen molar-refractivity contribution in [1.82, 2.24) is 0 Å². The molecule has 0 saturated heterocycles. The second kappa shape index (κ2) is 6.75. The first-order valence-electron chi connectivity index (χ1n) is 4.68. The van der Waals surface area contributed by atoms with Crippen molar-refractivity contribution in [2.24, 2.45) is 0 Å². The van der Waals surface area contributed by atoms with Gasteiger partial charge < -0.3 is 4.74 Å². The molecule has 0 aliphatic heterocycles. The third-order valence-electron chi connectivity index (χ3n) is 1.85. The quantitative estimate of drug-likeness (QED) is 0.451. The van der Waals surface area contributed by atoms with E-state index >= 15 is 0 Å². The van der Waals surface area contributed by atoms with Crippen molar-refractivity contribution in [2.45, 2.75) is 17.7 Å². The summed E-state index contributed by atoms with van der Waals surface area (Å²) in [6.45, 7) is 0. The number of methoxy groups -OCH3 is 1. The number of esters is 1. The fraction of sp³-hybridized carbons (Fsp3) is 0.364. The lowest BCUT2D eigenvalue weighted by molar-refractivity contribution is -0.140. The van der Waals surface area contributed by atoms with Crippen molar-refractivity contribution in [3.05, 3.63) is 29.3 Å². The van der Waals surface area contributed by atoms with Gasteiger partial charge in [0.1, 0.15) is 0 Å². The van der Waals surface area contributed by atoms with Crippen LogP contribution in [0.1, 0.15) is 12.8 Å². The molecular formula is C11H13ClO2S. The molecule has 82 valence electrons. The lowest BCUT2D eigenvalue weighted by atomic mass is 10.3. The molecule has 0 aliphatic carbocycles. The Morgan fingerprint density at radius 3 is 2.87 bits per heavy atom. The highest BCUT2D eigenvalue weighted by molar-refractivity contribution is 7.99. The maximum absolute atomic E-state index is 10.8. The Kier molecular flexibility index (Phi) is 5.58. The van der Waals surface area contributed by atoms with Crippen LogP contribution in [0.3, 0.4) is 0 Å². The minimum absolute atomic E-state index is 0.158. The maximum atomic E-state index is 10.8. The fourth-order valence-corrected chi connectivity index (χ4v) is 2.25. The molecule has 0 aromatic heterocycles. The van der Waals surface area contributed by atoms with E-state index in [0.29, 0.717) is 6.42 Å². The van der Waals surface area contributed by atoms with Crippen molar-refractivity contribution >= 4 is 29.3 Å². The average Bonchev–Trinajstić information content (AvgIpc) is 2.26. The number of hydrogen-bond acceptors (Lipinski definition) is 3. The normalized spacial score (nSPS) is 10.0. The van der Waals surface area contributed by atoms with Crippen molar-refractivity contribution in [3.8, 4) is 0 Å². The first kappa shape index (κ1) is 12.4. The van der Waals surface area contributed by atoms with Crippen LogP contribution in [0.4, 0.5) is 0 Å². The van der Waals surface area contributed by atoms with E-state index in [1.807, 2.05) is 24.3 Å². The van der Waals surface area contributed by atoms with E-state index < -0.39 is 0 Å². The van der Waals surface area contributed by atoms with E-state index in [-0.39, 0.29) is 5.97 Å². The Morgan fingerprint density at radius 2 is 2.20 bits per heavy atom. The van der Waals surface area contributed by atoms with E-state index in [9.17, 15) is 4.79 Å². The van der Waals surface area contributed by atoms with E-state index in [2.05, 4.69) is 4.74 Å². The number of hydrogen-bond donors (Lipinski definition) is 0. The second-order valence-corrected chi connectivity index (χ2v) is 4.50. The summed E-state index contributed by atoms with van der Waals surface area (Å²) in [5.41, 5.74) is 0. The Bertz CT molecular complexity index is 328. The van der Waals surface area contributed by atoms with Crippen LogP contribution in [0.25, 0.3) is 0 Å². The molecule has 0 spiro atoms. The number of thioether (sulfide) groups is 1. The molecule has 1 aromatic carbocycles. The molecule has 0 bridgehead atoms. The van der Waals surface area contributed by atoms with Crippen LogP contribution in [0.2, 0.25) is 5.02 Å². The average molecular weight is 245 g/mol. The second-order valence-electron chi connectivity index (χ2n) is 2.96. The molecule has 0 fully saturated rings. The van der Waals surface area contributed by atoms with Crippen molar-refractivity contribution in [1.29, 1.82) is 0 Å². The van der Waals surface area contributed by atoms with Crippen LogP contribution in [-0.4, -0.2) is 18.8 Å². The van der Waals surface area contributed by atoms with Gasteiger partial charge in [0.25, 0.3) is 0 Å². The molecule has 1 rings (SSSR count). The van der Waals surface area contributed by atoms with Gasteiger partial charge in [-0.2, -0.15) is 0 Å². The summed E-state index contributed by atoms with van der Waals surface area (Å²) in [7, 11) is 1.41. The molecule has 0 heterocycles. The topological polar surface area (TPSA) is 26.3 Å². The first-order chi connectivity index (χ1) is 7.24. The summed E-state index contributed by atoms with van der Waals surface area (Å²) in [5, 5.41) is 0.764. The smallest absolute Gasteiger partial charge is 0.305 e. The number of carbonyl (C=O) groups is 1. The summed E-state index contributed by atoms with van der Waals surface area (Å²) in [5.74, 6) is 0.716. The van der Waals surface area contributed by atoms with Gasteiger partial charge in [-0.05, 0) is 24.3 Å². The molecule has 0 saturated carbocycles. The molecular weight excluding hydrogens is 232 g/mol. The predicted molar refractivity (Wildman–Crippen MR) is 63.4 cm³/mol. The minimum atomic E-state index is -0.158. The van der Waals surface area contributed by atoms with Crippen LogP contribution in [0, 0.1) is 0 Å². The van der Waals surface area contributed by atoms with Crippen LogP contribution in [0.15, 0.2) is 29.2 Å². The van der Waals surface area contributed by atoms with Crippen LogP contribution < -0.4 is 0 Å². The van der Waals surface area contributed by atoms with Gasteiger partial charge in [-0.15, -0.1) is 11.8 Å². The fourth-order valence-electron chi connectivity index (χ4n) is 1.06. The zero-order valence-corrected chi connectivity index (χ0v) is 10.1. The summed E-state index contributed by atoms with van der Waals surface area (Å²) < 4.78 is 4.55. The van der Waals surface area contributed by atoms with Gasteiger partial charge in [0.15, 0.2) is 0 Å². The number of benzene rings is 1. The lowest BCUT2D eigenvalue weighted by Crippen LogP contribution is -1.99. The molecule has 0 aliphatic rings. The van der Waals surface area contributed by atoms with Gasteiger partial charge in [0.05, 0.1) is 12.1 Å². The Morgan fingerprint density at radius 1 is 1.47 bits per heavy atom.